The minimum absolute atomic E-state index is 0.134. The quantitative estimate of drug-likeness (QED) is 0.312. The Hall–Kier alpha value is -3.66. The van der Waals surface area contributed by atoms with Crippen molar-refractivity contribution in [3.8, 4) is 5.75 Å². The summed E-state index contributed by atoms with van der Waals surface area (Å²) < 4.78 is 81.9. The fraction of sp³-hybridized carbons (Fsp3) is 0.529. The van der Waals surface area contributed by atoms with Crippen molar-refractivity contribution < 1.29 is 41.0 Å². The number of nitrogens with zero attached hydrogens (tertiary/aromatic N) is 4. The van der Waals surface area contributed by atoms with Crippen molar-refractivity contribution in [2.45, 2.75) is 76.0 Å². The molecular weight excluding hydrogens is 663 g/mol. The van der Waals surface area contributed by atoms with Crippen molar-refractivity contribution >= 4 is 21.6 Å². The number of hydrogen-bond donors (Lipinski definition) is 2. The first-order valence-corrected chi connectivity index (χ1v) is 17.7. The van der Waals surface area contributed by atoms with Gasteiger partial charge >= 0.3 is 6.18 Å². The maximum absolute atomic E-state index is 14.3. The summed E-state index contributed by atoms with van der Waals surface area (Å²) in [6.07, 6.45) is -0.0614. The van der Waals surface area contributed by atoms with E-state index in [1.165, 1.54) is 46.3 Å². The molecule has 15 heteroatoms. The molecule has 1 aliphatic rings. The molecule has 2 heterocycles. The predicted octanol–water partition coefficient (Wildman–Crippen LogP) is 5.17. The zero-order valence-electron chi connectivity index (χ0n) is 28.5. The highest BCUT2D eigenvalue weighted by molar-refractivity contribution is 7.92. The molecule has 49 heavy (non-hydrogen) atoms. The number of aliphatic hydroxyl groups is 1. The van der Waals surface area contributed by atoms with E-state index in [1.54, 1.807) is 20.0 Å². The van der Waals surface area contributed by atoms with Crippen LogP contribution in [0.4, 0.5) is 18.9 Å². The lowest BCUT2D eigenvalue weighted by atomic mass is 10.0. The lowest BCUT2D eigenvalue weighted by molar-refractivity contribution is -0.137. The lowest BCUT2D eigenvalue weighted by Gasteiger charge is -2.36. The molecular formula is C34H46F3N5O6S. The molecule has 2 aromatic carbocycles. The number of rotatable bonds is 9. The van der Waals surface area contributed by atoms with E-state index in [0.717, 1.165) is 30.5 Å². The number of benzene rings is 2. The normalized spacial score (nSPS) is 20.7. The van der Waals surface area contributed by atoms with E-state index in [1.807, 2.05) is 25.8 Å². The van der Waals surface area contributed by atoms with Gasteiger partial charge in [-0.1, -0.05) is 19.1 Å². The van der Waals surface area contributed by atoms with E-state index in [-0.39, 0.29) is 47.6 Å². The Morgan fingerprint density at radius 1 is 1.14 bits per heavy atom. The standard InChI is InChI=1S/C34H46F3N5O6S/c1-23-17-42(24(2)21-43)33(44)29-16-28(39-49(45,46)32-20-41(5)22-38-32)13-14-30(29)48-25(3)8-6-7-15-47-31(23)19-40(4)18-26-9-11-27(12-10-26)34(35,36)37/h9-14,16,20,22-25,31,39,43H,6-8,15,17-19,21H2,1-5H3/t23-,24+,25+,31+/m1/s1. The van der Waals surface area contributed by atoms with Gasteiger partial charge in [-0.3, -0.25) is 14.4 Å². The van der Waals surface area contributed by atoms with Gasteiger partial charge in [0.25, 0.3) is 15.9 Å². The molecule has 1 amide bonds. The first-order valence-electron chi connectivity index (χ1n) is 16.3. The summed E-state index contributed by atoms with van der Waals surface area (Å²) in [5.74, 6) is -0.393. The summed E-state index contributed by atoms with van der Waals surface area (Å²) >= 11 is 0. The van der Waals surface area contributed by atoms with E-state index in [0.29, 0.717) is 31.9 Å². The van der Waals surface area contributed by atoms with Gasteiger partial charge in [-0.15, -0.1) is 0 Å². The third-order valence-corrected chi connectivity index (χ3v) is 9.75. The number of anilines is 1. The number of aromatic nitrogens is 2. The van der Waals surface area contributed by atoms with Crippen molar-refractivity contribution in [2.75, 3.05) is 38.1 Å². The van der Waals surface area contributed by atoms with Crippen LogP contribution in [-0.2, 0) is 34.5 Å². The number of nitrogens with one attached hydrogen (secondary N) is 1. The molecule has 0 unspecified atom stereocenters. The number of imidazole rings is 1. The Morgan fingerprint density at radius 2 is 1.86 bits per heavy atom. The Morgan fingerprint density at radius 3 is 2.49 bits per heavy atom. The van der Waals surface area contributed by atoms with Gasteiger partial charge in [-0.05, 0) is 76.1 Å². The molecule has 4 atom stereocenters. The van der Waals surface area contributed by atoms with Crippen LogP contribution in [0.15, 0.2) is 60.0 Å². The maximum atomic E-state index is 14.3. The van der Waals surface area contributed by atoms with Gasteiger partial charge in [0, 0.05) is 51.1 Å². The molecule has 3 aromatic rings. The van der Waals surface area contributed by atoms with Gasteiger partial charge in [0.05, 0.1) is 42.3 Å². The number of hydrogen-bond acceptors (Lipinski definition) is 8. The number of carbonyl (C=O) groups excluding carboxylic acids is 1. The van der Waals surface area contributed by atoms with Crippen molar-refractivity contribution in [3.05, 3.63) is 71.7 Å². The number of aliphatic hydroxyl groups excluding tert-OH is 1. The van der Waals surface area contributed by atoms with Crippen LogP contribution in [0.5, 0.6) is 5.75 Å². The Kier molecular flexibility index (Phi) is 12.7. The van der Waals surface area contributed by atoms with Gasteiger partial charge in [0.2, 0.25) is 0 Å². The van der Waals surface area contributed by atoms with Crippen LogP contribution in [0.3, 0.4) is 0 Å². The largest absolute Gasteiger partial charge is 0.490 e. The molecule has 0 saturated heterocycles. The second-order valence-corrected chi connectivity index (χ2v) is 14.5. The monoisotopic (exact) mass is 709 g/mol. The van der Waals surface area contributed by atoms with Crippen LogP contribution in [0.2, 0.25) is 0 Å². The highest BCUT2D eigenvalue weighted by Crippen LogP contribution is 2.31. The van der Waals surface area contributed by atoms with Crippen LogP contribution in [0.1, 0.15) is 61.5 Å². The number of sulfonamides is 1. The number of carbonyl (C=O) groups is 1. The van der Waals surface area contributed by atoms with Crippen molar-refractivity contribution in [1.29, 1.82) is 0 Å². The van der Waals surface area contributed by atoms with Crippen LogP contribution in [0, 0.1) is 5.92 Å². The fourth-order valence-electron chi connectivity index (χ4n) is 5.67. The zero-order valence-corrected chi connectivity index (χ0v) is 29.3. The van der Waals surface area contributed by atoms with Gasteiger partial charge in [-0.25, -0.2) is 4.98 Å². The van der Waals surface area contributed by atoms with E-state index in [2.05, 4.69) is 9.71 Å². The third-order valence-electron chi connectivity index (χ3n) is 8.49. The van der Waals surface area contributed by atoms with Crippen LogP contribution >= 0.6 is 0 Å². The number of ether oxygens (including phenoxy) is 2. The van der Waals surface area contributed by atoms with Crippen LogP contribution in [0.25, 0.3) is 0 Å². The van der Waals surface area contributed by atoms with Crippen LogP contribution < -0.4 is 9.46 Å². The molecule has 11 nitrogen and oxygen atoms in total. The number of likely N-dealkylation sites (N-methyl/N-ethyl adjacent to an activating group) is 1. The lowest BCUT2D eigenvalue weighted by Crippen LogP contribution is -2.47. The second-order valence-electron chi connectivity index (χ2n) is 12.9. The minimum atomic E-state index is -4.41. The third kappa shape index (κ3) is 10.4. The van der Waals surface area contributed by atoms with E-state index >= 15 is 0 Å². The molecule has 0 bridgehead atoms. The SMILES string of the molecule is C[C@@H]1CN([C@@H](C)CO)C(=O)c2cc(NS(=O)(=O)c3cn(C)cn3)ccc2O[C@@H](C)CCCCO[C@H]1CN(C)Cc1ccc(C(F)(F)F)cc1. The summed E-state index contributed by atoms with van der Waals surface area (Å²) in [5.41, 5.74) is 0.291. The average molecular weight is 710 g/mol. The molecule has 0 radical (unpaired) electrons. The predicted molar refractivity (Wildman–Crippen MR) is 179 cm³/mol. The van der Waals surface area contributed by atoms with Crippen molar-refractivity contribution in [3.63, 3.8) is 0 Å². The summed E-state index contributed by atoms with van der Waals surface area (Å²) in [6.45, 7) is 6.73. The molecule has 1 aromatic heterocycles. The van der Waals surface area contributed by atoms with Crippen LogP contribution in [-0.4, -0.2) is 90.4 Å². The van der Waals surface area contributed by atoms with E-state index in [4.69, 9.17) is 9.47 Å². The highest BCUT2D eigenvalue weighted by Gasteiger charge is 2.32. The highest BCUT2D eigenvalue weighted by atomic mass is 32.2. The maximum Gasteiger partial charge on any atom is 0.416 e. The molecule has 0 aliphatic carbocycles. The van der Waals surface area contributed by atoms with E-state index < -0.39 is 33.7 Å². The Labute approximate surface area is 286 Å². The molecule has 1 aliphatic heterocycles. The number of halogens is 3. The second kappa shape index (κ2) is 16.4. The number of aryl methyl sites for hydroxylation is 1. The summed E-state index contributed by atoms with van der Waals surface area (Å²) in [7, 11) is -0.534. The molecule has 4 rings (SSSR count). The molecule has 0 fully saturated rings. The average Bonchev–Trinajstić information content (AvgIpc) is 3.49. The number of fused-ring (bicyclic) bond motifs is 1. The number of alkyl halides is 3. The molecule has 2 N–H and O–H groups in total. The first-order chi connectivity index (χ1) is 23.1. The Bertz CT molecular complexity index is 1650. The summed E-state index contributed by atoms with van der Waals surface area (Å²) in [4.78, 5) is 21.8. The topological polar surface area (TPSA) is 126 Å². The summed E-state index contributed by atoms with van der Waals surface area (Å²) in [6, 6.07) is 9.00. The minimum Gasteiger partial charge on any atom is -0.490 e. The van der Waals surface area contributed by atoms with Gasteiger partial charge in [0.1, 0.15) is 5.75 Å². The van der Waals surface area contributed by atoms with Crippen molar-refractivity contribution in [1.82, 2.24) is 19.4 Å². The first kappa shape index (κ1) is 38.1. The zero-order chi connectivity index (χ0) is 35.9. The van der Waals surface area contributed by atoms with E-state index in [9.17, 15) is 31.5 Å². The Balaban J connectivity index is 1.60. The smallest absolute Gasteiger partial charge is 0.416 e. The fourth-order valence-corrected chi connectivity index (χ4v) is 6.70. The van der Waals surface area contributed by atoms with Gasteiger partial charge in [0.15, 0.2) is 5.03 Å². The van der Waals surface area contributed by atoms with Gasteiger partial charge in [-0.2, -0.15) is 21.6 Å². The molecule has 0 spiro atoms. The summed E-state index contributed by atoms with van der Waals surface area (Å²) in [5, 5.41) is 10.0. The molecule has 270 valence electrons. The molecule has 0 saturated carbocycles. The van der Waals surface area contributed by atoms with Gasteiger partial charge < -0.3 is 24.0 Å². The number of amides is 1. The van der Waals surface area contributed by atoms with Crippen molar-refractivity contribution in [2.24, 2.45) is 13.0 Å².